The van der Waals surface area contributed by atoms with Gasteiger partial charge in [-0.1, -0.05) is 36.4 Å². The molecule has 0 aliphatic heterocycles. The number of nitrogens with zero attached hydrogens (tertiary/aromatic N) is 1. The van der Waals surface area contributed by atoms with E-state index in [2.05, 4.69) is 54.7 Å². The summed E-state index contributed by atoms with van der Waals surface area (Å²) in [5.41, 5.74) is 2.38. The van der Waals surface area contributed by atoms with Gasteiger partial charge in [0.05, 0.1) is 5.69 Å². The normalized spacial score (nSPS) is 14.7. The van der Waals surface area contributed by atoms with Crippen LogP contribution in [0.15, 0.2) is 42.5 Å². The minimum Gasteiger partial charge on any atom is -0.309 e. The van der Waals surface area contributed by atoms with Crippen LogP contribution in [0.1, 0.15) is 23.4 Å². The van der Waals surface area contributed by atoms with Crippen LogP contribution in [-0.4, -0.2) is 11.0 Å². The molecule has 0 amide bonds. The first-order valence-electron chi connectivity index (χ1n) is 7.48. The van der Waals surface area contributed by atoms with Gasteiger partial charge >= 0.3 is 0 Å². The Morgan fingerprint density at radius 3 is 2.76 bits per heavy atom. The highest BCUT2D eigenvalue weighted by Gasteiger charge is 2.21. The molecule has 0 bridgehead atoms. The number of nitrogens with one attached hydrogen (secondary N) is 1. The lowest BCUT2D eigenvalue weighted by atomic mass is 10.1. The second-order valence-electron chi connectivity index (χ2n) is 5.74. The van der Waals surface area contributed by atoms with E-state index in [0.29, 0.717) is 0 Å². The molecule has 4 rings (SSSR count). The molecule has 106 valence electrons. The molecule has 0 radical (unpaired) electrons. The van der Waals surface area contributed by atoms with Gasteiger partial charge in [-0.2, -0.15) is 0 Å². The van der Waals surface area contributed by atoms with Crippen molar-refractivity contribution in [2.45, 2.75) is 32.4 Å². The van der Waals surface area contributed by atoms with Crippen molar-refractivity contribution in [1.29, 1.82) is 0 Å². The summed E-state index contributed by atoms with van der Waals surface area (Å²) in [6.45, 7) is 3.08. The van der Waals surface area contributed by atoms with Gasteiger partial charge < -0.3 is 5.32 Å². The number of aromatic nitrogens is 1. The van der Waals surface area contributed by atoms with Crippen molar-refractivity contribution in [3.05, 3.63) is 53.0 Å². The smallest absolute Gasteiger partial charge is 0.123 e. The van der Waals surface area contributed by atoms with Crippen molar-refractivity contribution < 1.29 is 0 Å². The first kappa shape index (κ1) is 13.0. The summed E-state index contributed by atoms with van der Waals surface area (Å²) in [5, 5.41) is 7.27. The monoisotopic (exact) mass is 294 g/mol. The van der Waals surface area contributed by atoms with E-state index in [1.165, 1.54) is 34.1 Å². The fourth-order valence-corrected chi connectivity index (χ4v) is 3.57. The first-order valence-corrected chi connectivity index (χ1v) is 8.30. The van der Waals surface area contributed by atoms with E-state index in [1.807, 2.05) is 11.3 Å². The van der Waals surface area contributed by atoms with Gasteiger partial charge in [0.2, 0.25) is 0 Å². The number of benzene rings is 2. The molecular formula is C18H18N2S. The average Bonchev–Trinajstić information content (AvgIpc) is 3.27. The Bertz CT molecular complexity index is 787. The van der Waals surface area contributed by atoms with E-state index < -0.39 is 0 Å². The van der Waals surface area contributed by atoms with Crippen molar-refractivity contribution in [1.82, 2.24) is 10.3 Å². The standard InChI is InChI=1S/C18H18N2S/c1-12-17(11-19-16-8-9-16)21-18(20-12)15-7-6-13-4-2-3-5-14(13)10-15/h2-7,10,16,19H,8-9,11H2,1H3. The van der Waals surface area contributed by atoms with Gasteiger partial charge in [-0.25, -0.2) is 4.98 Å². The maximum absolute atomic E-state index is 4.76. The predicted octanol–water partition coefficient (Wildman–Crippen LogP) is 4.52. The molecule has 1 fully saturated rings. The minimum atomic E-state index is 0.746. The lowest BCUT2D eigenvalue weighted by Gasteiger charge is -2.00. The number of fused-ring (bicyclic) bond motifs is 1. The van der Waals surface area contributed by atoms with Gasteiger partial charge in [0.25, 0.3) is 0 Å². The lowest BCUT2D eigenvalue weighted by Crippen LogP contribution is -2.14. The van der Waals surface area contributed by atoms with E-state index in [-0.39, 0.29) is 0 Å². The highest BCUT2D eigenvalue weighted by Crippen LogP contribution is 2.30. The summed E-state index contributed by atoms with van der Waals surface area (Å²) < 4.78 is 0. The van der Waals surface area contributed by atoms with Crippen LogP contribution in [0.5, 0.6) is 0 Å². The fraction of sp³-hybridized carbons (Fsp3) is 0.278. The molecule has 3 heteroatoms. The summed E-state index contributed by atoms with van der Waals surface area (Å²) in [7, 11) is 0. The SMILES string of the molecule is Cc1nc(-c2ccc3ccccc3c2)sc1CNC1CC1. The topological polar surface area (TPSA) is 24.9 Å². The van der Waals surface area contributed by atoms with Gasteiger partial charge in [0, 0.05) is 23.0 Å². The lowest BCUT2D eigenvalue weighted by molar-refractivity contribution is 0.691. The number of aryl methyl sites for hydroxylation is 1. The molecule has 3 aromatic rings. The largest absolute Gasteiger partial charge is 0.309 e. The Hall–Kier alpha value is -1.71. The van der Waals surface area contributed by atoms with E-state index in [1.54, 1.807) is 0 Å². The molecule has 1 aromatic heterocycles. The van der Waals surface area contributed by atoms with Gasteiger partial charge in [0.1, 0.15) is 5.01 Å². The highest BCUT2D eigenvalue weighted by molar-refractivity contribution is 7.15. The molecule has 1 heterocycles. The summed E-state index contributed by atoms with van der Waals surface area (Å²) in [4.78, 5) is 6.13. The third-order valence-corrected chi connectivity index (χ3v) is 5.22. The van der Waals surface area contributed by atoms with Crippen LogP contribution in [0.25, 0.3) is 21.3 Å². The van der Waals surface area contributed by atoms with Crippen LogP contribution in [-0.2, 0) is 6.54 Å². The summed E-state index contributed by atoms with van der Waals surface area (Å²) in [5.74, 6) is 0. The van der Waals surface area contributed by atoms with E-state index >= 15 is 0 Å². The first-order chi connectivity index (χ1) is 10.3. The van der Waals surface area contributed by atoms with Crippen LogP contribution in [0.3, 0.4) is 0 Å². The number of thiazole rings is 1. The second kappa shape index (κ2) is 5.24. The molecule has 0 unspecified atom stereocenters. The molecule has 1 aliphatic carbocycles. The summed E-state index contributed by atoms with van der Waals surface area (Å²) in [6.07, 6.45) is 2.66. The fourth-order valence-electron chi connectivity index (χ4n) is 2.56. The molecule has 1 aliphatic rings. The molecule has 0 saturated heterocycles. The van der Waals surface area contributed by atoms with Crippen molar-refractivity contribution in [2.75, 3.05) is 0 Å². The Kier molecular flexibility index (Phi) is 3.24. The maximum atomic E-state index is 4.76. The van der Waals surface area contributed by atoms with Gasteiger partial charge in [0.15, 0.2) is 0 Å². The third-order valence-electron chi connectivity index (χ3n) is 4.02. The number of hydrogen-bond donors (Lipinski definition) is 1. The van der Waals surface area contributed by atoms with Crippen molar-refractivity contribution in [3.8, 4) is 10.6 Å². The van der Waals surface area contributed by atoms with Crippen molar-refractivity contribution in [2.24, 2.45) is 0 Å². The molecule has 0 spiro atoms. The molecule has 1 saturated carbocycles. The van der Waals surface area contributed by atoms with Gasteiger partial charge in [-0.05, 0) is 36.6 Å². The molecule has 1 N–H and O–H groups in total. The van der Waals surface area contributed by atoms with E-state index in [9.17, 15) is 0 Å². The highest BCUT2D eigenvalue weighted by atomic mass is 32.1. The summed E-state index contributed by atoms with van der Waals surface area (Å²) >= 11 is 1.82. The Morgan fingerprint density at radius 1 is 1.14 bits per heavy atom. The van der Waals surface area contributed by atoms with Gasteiger partial charge in [-0.3, -0.25) is 0 Å². The Labute approximate surface area is 128 Å². The number of rotatable bonds is 4. The van der Waals surface area contributed by atoms with E-state index in [0.717, 1.165) is 23.3 Å². The Balaban J connectivity index is 1.65. The van der Waals surface area contributed by atoms with Crippen LogP contribution >= 0.6 is 11.3 Å². The zero-order valence-corrected chi connectivity index (χ0v) is 12.9. The molecule has 0 atom stereocenters. The van der Waals surface area contributed by atoms with Gasteiger partial charge in [-0.15, -0.1) is 11.3 Å². The van der Waals surface area contributed by atoms with Crippen LogP contribution < -0.4 is 5.32 Å². The quantitative estimate of drug-likeness (QED) is 0.765. The summed E-state index contributed by atoms with van der Waals surface area (Å²) in [6, 6.07) is 15.8. The molecular weight excluding hydrogens is 276 g/mol. The van der Waals surface area contributed by atoms with Crippen molar-refractivity contribution >= 4 is 22.1 Å². The number of hydrogen-bond acceptors (Lipinski definition) is 3. The molecule has 2 aromatic carbocycles. The van der Waals surface area contributed by atoms with Crippen molar-refractivity contribution in [3.63, 3.8) is 0 Å². The van der Waals surface area contributed by atoms with Crippen LogP contribution in [0, 0.1) is 6.92 Å². The molecule has 21 heavy (non-hydrogen) atoms. The molecule has 2 nitrogen and oxygen atoms in total. The van der Waals surface area contributed by atoms with Crippen LogP contribution in [0.2, 0.25) is 0 Å². The van der Waals surface area contributed by atoms with Crippen LogP contribution in [0.4, 0.5) is 0 Å². The average molecular weight is 294 g/mol. The second-order valence-corrected chi connectivity index (χ2v) is 6.83. The predicted molar refractivity (Wildman–Crippen MR) is 89.7 cm³/mol. The zero-order chi connectivity index (χ0) is 14.2. The maximum Gasteiger partial charge on any atom is 0.123 e. The zero-order valence-electron chi connectivity index (χ0n) is 12.1. The third kappa shape index (κ3) is 2.71. The van der Waals surface area contributed by atoms with E-state index in [4.69, 9.17) is 4.98 Å². The Morgan fingerprint density at radius 2 is 1.95 bits per heavy atom. The minimum absolute atomic E-state index is 0.746.